The molecule has 8 heteroatoms. The Hall–Kier alpha value is -2.38. The van der Waals surface area contributed by atoms with Gasteiger partial charge in [-0.2, -0.15) is 0 Å². The van der Waals surface area contributed by atoms with E-state index in [1.165, 1.54) is 6.42 Å². The Balaban J connectivity index is 1.56. The van der Waals surface area contributed by atoms with Gasteiger partial charge in [-0.05, 0) is 25.7 Å². The Morgan fingerprint density at radius 1 is 1.12 bits per heavy atom. The van der Waals surface area contributed by atoms with Gasteiger partial charge in [0.2, 0.25) is 0 Å². The van der Waals surface area contributed by atoms with Crippen LogP contribution in [0, 0.1) is 5.92 Å². The van der Waals surface area contributed by atoms with Crippen LogP contribution in [0.4, 0.5) is 10.6 Å². The summed E-state index contributed by atoms with van der Waals surface area (Å²) in [5.41, 5.74) is 0.350. The fourth-order valence-corrected chi connectivity index (χ4v) is 3.46. The van der Waals surface area contributed by atoms with Crippen LogP contribution in [0.5, 0.6) is 0 Å². The van der Waals surface area contributed by atoms with E-state index in [0.717, 1.165) is 25.3 Å². The molecule has 1 aromatic heterocycles. The van der Waals surface area contributed by atoms with Crippen molar-refractivity contribution in [3.05, 3.63) is 18.1 Å². The van der Waals surface area contributed by atoms with Crippen LogP contribution in [-0.2, 0) is 4.74 Å². The van der Waals surface area contributed by atoms with Gasteiger partial charge in [-0.3, -0.25) is 4.79 Å². The highest BCUT2D eigenvalue weighted by molar-refractivity contribution is 5.92. The van der Waals surface area contributed by atoms with Gasteiger partial charge in [-0.25, -0.2) is 14.8 Å². The third-order valence-corrected chi connectivity index (χ3v) is 4.93. The smallest absolute Gasteiger partial charge is 0.409 e. The minimum absolute atomic E-state index is 0.139. The highest BCUT2D eigenvalue weighted by Crippen LogP contribution is 2.20. The second-order valence-corrected chi connectivity index (χ2v) is 6.93. The molecule has 3 heterocycles. The molecule has 0 N–H and O–H groups in total. The zero-order valence-electron chi connectivity index (χ0n) is 15.6. The summed E-state index contributed by atoms with van der Waals surface area (Å²) in [7, 11) is 0. The predicted molar refractivity (Wildman–Crippen MR) is 97.1 cm³/mol. The van der Waals surface area contributed by atoms with Gasteiger partial charge in [-0.1, -0.05) is 6.92 Å². The van der Waals surface area contributed by atoms with Crippen LogP contribution < -0.4 is 4.90 Å². The van der Waals surface area contributed by atoms with Crippen molar-refractivity contribution in [1.29, 1.82) is 0 Å². The van der Waals surface area contributed by atoms with Crippen LogP contribution in [0.15, 0.2) is 12.4 Å². The molecule has 2 aliphatic heterocycles. The lowest BCUT2D eigenvalue weighted by Crippen LogP contribution is -2.50. The number of rotatable bonds is 3. The molecule has 2 aliphatic rings. The van der Waals surface area contributed by atoms with Crippen molar-refractivity contribution in [2.75, 3.05) is 50.8 Å². The number of ether oxygens (including phenoxy) is 1. The van der Waals surface area contributed by atoms with Gasteiger partial charge < -0.3 is 19.4 Å². The fraction of sp³-hybridized carbons (Fsp3) is 0.667. The molecule has 2 amide bonds. The lowest BCUT2D eigenvalue weighted by atomic mass is 10.0. The summed E-state index contributed by atoms with van der Waals surface area (Å²) in [4.78, 5) is 38.7. The first-order valence-electron chi connectivity index (χ1n) is 9.36. The summed E-state index contributed by atoms with van der Waals surface area (Å²) in [6, 6.07) is 0. The molecule has 1 aromatic rings. The van der Waals surface area contributed by atoms with Crippen molar-refractivity contribution in [2.45, 2.75) is 26.7 Å². The van der Waals surface area contributed by atoms with Crippen LogP contribution in [-0.4, -0.2) is 77.6 Å². The van der Waals surface area contributed by atoms with Gasteiger partial charge in [-0.15, -0.1) is 0 Å². The lowest BCUT2D eigenvalue weighted by molar-refractivity contribution is 0.0565. The van der Waals surface area contributed by atoms with Crippen LogP contribution >= 0.6 is 0 Å². The van der Waals surface area contributed by atoms with Crippen molar-refractivity contribution in [1.82, 2.24) is 19.8 Å². The number of piperidine rings is 1. The van der Waals surface area contributed by atoms with Crippen LogP contribution in [0.3, 0.4) is 0 Å². The van der Waals surface area contributed by atoms with Gasteiger partial charge in [0, 0.05) is 39.3 Å². The molecule has 3 rings (SSSR count). The predicted octanol–water partition coefficient (Wildman–Crippen LogP) is 1.63. The molecule has 0 radical (unpaired) electrons. The average molecular weight is 361 g/mol. The van der Waals surface area contributed by atoms with Gasteiger partial charge in [0.05, 0.1) is 19.0 Å². The Labute approximate surface area is 154 Å². The number of nitrogens with zero attached hydrogens (tertiary/aromatic N) is 5. The molecule has 1 unspecified atom stereocenters. The molecular weight excluding hydrogens is 334 g/mol. The quantitative estimate of drug-likeness (QED) is 0.814. The minimum atomic E-state index is -0.320. The number of carbonyl (C=O) groups is 2. The Morgan fingerprint density at radius 3 is 2.46 bits per heavy atom. The van der Waals surface area contributed by atoms with E-state index >= 15 is 0 Å². The Morgan fingerprint density at radius 2 is 1.85 bits per heavy atom. The number of carbonyl (C=O) groups excluding carboxylic acids is 2. The molecule has 2 fully saturated rings. The highest BCUT2D eigenvalue weighted by atomic mass is 16.6. The molecule has 8 nitrogen and oxygen atoms in total. The van der Waals surface area contributed by atoms with Crippen molar-refractivity contribution in [3.63, 3.8) is 0 Å². The normalized spacial score (nSPS) is 20.8. The van der Waals surface area contributed by atoms with Crippen molar-refractivity contribution in [2.24, 2.45) is 5.92 Å². The molecule has 0 aliphatic carbocycles. The second-order valence-electron chi connectivity index (χ2n) is 6.93. The maximum atomic E-state index is 12.6. The summed E-state index contributed by atoms with van der Waals surface area (Å²) in [5.74, 6) is 1.35. The standard InChI is InChI=1S/C18H27N5O3/c1-3-26-18(25)22-9-7-21(8-10-22)17(24)15-11-20-16(12-19-15)23-6-4-5-14(2)13-23/h11-12,14H,3-10,13H2,1-2H3. The van der Waals surface area contributed by atoms with E-state index in [1.807, 2.05) is 0 Å². The Bertz CT molecular complexity index is 628. The van der Waals surface area contributed by atoms with E-state index in [0.29, 0.717) is 44.4 Å². The highest BCUT2D eigenvalue weighted by Gasteiger charge is 2.26. The number of hydrogen-bond donors (Lipinski definition) is 0. The maximum absolute atomic E-state index is 12.6. The first-order chi connectivity index (χ1) is 12.6. The SMILES string of the molecule is CCOC(=O)N1CCN(C(=O)c2cnc(N3CCCC(C)C3)cn2)CC1. The largest absolute Gasteiger partial charge is 0.450 e. The van der Waals surface area contributed by atoms with Crippen molar-refractivity contribution in [3.8, 4) is 0 Å². The molecule has 0 aromatic carbocycles. The van der Waals surface area contributed by atoms with E-state index in [2.05, 4.69) is 21.8 Å². The summed E-state index contributed by atoms with van der Waals surface area (Å²) < 4.78 is 5.00. The lowest BCUT2D eigenvalue weighted by Gasteiger charge is -2.34. The monoisotopic (exact) mass is 361 g/mol. The number of aromatic nitrogens is 2. The minimum Gasteiger partial charge on any atom is -0.450 e. The summed E-state index contributed by atoms with van der Waals surface area (Å²) in [6.07, 6.45) is 5.35. The van der Waals surface area contributed by atoms with Crippen molar-refractivity contribution < 1.29 is 14.3 Å². The molecule has 0 saturated carbocycles. The molecule has 0 spiro atoms. The van der Waals surface area contributed by atoms with Crippen molar-refractivity contribution >= 4 is 17.8 Å². The fourth-order valence-electron chi connectivity index (χ4n) is 3.46. The zero-order chi connectivity index (χ0) is 18.5. The summed E-state index contributed by atoms with van der Waals surface area (Å²) >= 11 is 0. The van der Waals surface area contributed by atoms with E-state index in [4.69, 9.17) is 4.74 Å². The number of hydrogen-bond acceptors (Lipinski definition) is 6. The number of piperazine rings is 1. The Kier molecular flexibility index (Phi) is 5.90. The number of amides is 2. The average Bonchev–Trinajstić information content (AvgIpc) is 2.68. The van der Waals surface area contributed by atoms with Crippen LogP contribution in [0.25, 0.3) is 0 Å². The second kappa shape index (κ2) is 8.33. The molecule has 142 valence electrons. The van der Waals surface area contributed by atoms with E-state index in [1.54, 1.807) is 29.1 Å². The first kappa shape index (κ1) is 18.4. The summed E-state index contributed by atoms with van der Waals surface area (Å²) in [6.45, 7) is 8.26. The van der Waals surface area contributed by atoms with E-state index < -0.39 is 0 Å². The third kappa shape index (κ3) is 4.23. The topological polar surface area (TPSA) is 78.9 Å². The zero-order valence-corrected chi connectivity index (χ0v) is 15.6. The molecule has 2 saturated heterocycles. The third-order valence-electron chi connectivity index (χ3n) is 4.93. The van der Waals surface area contributed by atoms with Gasteiger partial charge in [0.25, 0.3) is 5.91 Å². The van der Waals surface area contributed by atoms with Crippen LogP contribution in [0.2, 0.25) is 0 Å². The molecule has 0 bridgehead atoms. The van der Waals surface area contributed by atoms with Crippen LogP contribution in [0.1, 0.15) is 37.2 Å². The van der Waals surface area contributed by atoms with E-state index in [9.17, 15) is 9.59 Å². The number of anilines is 1. The first-order valence-corrected chi connectivity index (χ1v) is 9.36. The van der Waals surface area contributed by atoms with Gasteiger partial charge in [0.1, 0.15) is 11.5 Å². The molecule has 26 heavy (non-hydrogen) atoms. The summed E-state index contributed by atoms with van der Waals surface area (Å²) in [5, 5.41) is 0. The molecule has 1 atom stereocenters. The van der Waals surface area contributed by atoms with Gasteiger partial charge in [0.15, 0.2) is 0 Å². The van der Waals surface area contributed by atoms with Gasteiger partial charge >= 0.3 is 6.09 Å². The maximum Gasteiger partial charge on any atom is 0.409 e. The van der Waals surface area contributed by atoms with E-state index in [-0.39, 0.29) is 12.0 Å². The molecular formula is C18H27N5O3.